The van der Waals surface area contributed by atoms with E-state index in [0.29, 0.717) is 6.42 Å². The molecule has 2 rings (SSSR count). The number of hydrogen-bond donors (Lipinski definition) is 2. The van der Waals surface area contributed by atoms with Crippen LogP contribution in [0.1, 0.15) is 25.7 Å². The van der Waals surface area contributed by atoms with Crippen LogP contribution >= 0.6 is 0 Å². The molecule has 1 amide bonds. The molecule has 5 nitrogen and oxygen atoms in total. The zero-order valence-corrected chi connectivity index (χ0v) is 14.3. The molecule has 1 aromatic carbocycles. The van der Waals surface area contributed by atoms with Gasteiger partial charge in [-0.05, 0) is 64.0 Å². The number of anilines is 1. The number of hydrogen-bond acceptors (Lipinski definition) is 4. The van der Waals surface area contributed by atoms with E-state index in [2.05, 4.69) is 15.5 Å². The zero-order chi connectivity index (χ0) is 16.5. The second-order valence-corrected chi connectivity index (χ2v) is 6.21. The van der Waals surface area contributed by atoms with Crippen LogP contribution in [0.3, 0.4) is 0 Å². The summed E-state index contributed by atoms with van der Waals surface area (Å²) in [5.74, 6) is 1.66. The second kappa shape index (κ2) is 9.53. The van der Waals surface area contributed by atoms with E-state index in [9.17, 15) is 4.79 Å². The fraction of sp³-hybridized carbons (Fsp3) is 0.611. The molecule has 23 heavy (non-hydrogen) atoms. The molecule has 5 heteroatoms. The highest BCUT2D eigenvalue weighted by atomic mass is 16.5. The maximum atomic E-state index is 12.1. The highest BCUT2D eigenvalue weighted by Crippen LogP contribution is 2.20. The summed E-state index contributed by atoms with van der Waals surface area (Å²) in [5, 5.41) is 6.16. The topological polar surface area (TPSA) is 53.6 Å². The SMILES string of the molecule is CNCCC1CCN(CCC(=O)Nc2cccc(OC)c2)CC1. The standard InChI is InChI=1S/C18H29N3O2/c1-19-10-6-15-7-11-21(12-8-15)13-9-18(22)20-16-4-3-5-17(14-16)23-2/h3-5,14-15,19H,6-13H2,1-2H3,(H,20,22). The minimum atomic E-state index is 0.0653. The van der Waals surface area contributed by atoms with Crippen LogP contribution in [0.15, 0.2) is 24.3 Å². The van der Waals surface area contributed by atoms with Crippen molar-refractivity contribution in [2.75, 3.05) is 45.7 Å². The smallest absolute Gasteiger partial charge is 0.225 e. The predicted octanol–water partition coefficient (Wildman–Crippen LogP) is 2.35. The largest absolute Gasteiger partial charge is 0.497 e. The van der Waals surface area contributed by atoms with Crippen LogP contribution in [-0.4, -0.2) is 51.1 Å². The van der Waals surface area contributed by atoms with Crippen LogP contribution < -0.4 is 15.4 Å². The first-order valence-electron chi connectivity index (χ1n) is 8.52. The fourth-order valence-electron chi connectivity index (χ4n) is 3.03. The lowest BCUT2D eigenvalue weighted by molar-refractivity contribution is -0.116. The quantitative estimate of drug-likeness (QED) is 0.772. The number of benzene rings is 1. The lowest BCUT2D eigenvalue weighted by Crippen LogP contribution is -2.36. The molecule has 0 aliphatic carbocycles. The molecule has 1 heterocycles. The van der Waals surface area contributed by atoms with E-state index in [1.165, 1.54) is 19.3 Å². The summed E-state index contributed by atoms with van der Waals surface area (Å²) in [6.45, 7) is 4.17. The number of amides is 1. The number of nitrogens with one attached hydrogen (secondary N) is 2. The molecule has 1 aliphatic heterocycles. The summed E-state index contributed by atoms with van der Waals surface area (Å²) in [7, 11) is 3.64. The maximum absolute atomic E-state index is 12.1. The van der Waals surface area contributed by atoms with Crippen LogP contribution in [0.5, 0.6) is 5.75 Å². The van der Waals surface area contributed by atoms with E-state index >= 15 is 0 Å². The Kier molecular flexibility index (Phi) is 7.36. The third-order valence-corrected chi connectivity index (χ3v) is 4.52. The lowest BCUT2D eigenvalue weighted by Gasteiger charge is -2.31. The van der Waals surface area contributed by atoms with Crippen molar-refractivity contribution in [3.05, 3.63) is 24.3 Å². The van der Waals surface area contributed by atoms with Crippen molar-refractivity contribution in [2.45, 2.75) is 25.7 Å². The van der Waals surface area contributed by atoms with Gasteiger partial charge in [0.2, 0.25) is 5.91 Å². The summed E-state index contributed by atoms with van der Waals surface area (Å²) < 4.78 is 5.17. The van der Waals surface area contributed by atoms with Gasteiger partial charge in [0.25, 0.3) is 0 Å². The minimum absolute atomic E-state index is 0.0653. The van der Waals surface area contributed by atoms with E-state index in [0.717, 1.165) is 43.5 Å². The Bertz CT molecular complexity index is 485. The van der Waals surface area contributed by atoms with Crippen LogP contribution in [-0.2, 0) is 4.79 Å². The Balaban J connectivity index is 1.67. The van der Waals surface area contributed by atoms with Gasteiger partial charge in [-0.25, -0.2) is 0 Å². The van der Waals surface area contributed by atoms with Gasteiger partial charge in [-0.2, -0.15) is 0 Å². The number of rotatable bonds is 8. The van der Waals surface area contributed by atoms with Gasteiger partial charge in [-0.1, -0.05) is 6.07 Å². The first kappa shape index (κ1) is 17.8. The minimum Gasteiger partial charge on any atom is -0.497 e. The molecule has 0 bridgehead atoms. The molecule has 1 fully saturated rings. The van der Waals surface area contributed by atoms with E-state index in [-0.39, 0.29) is 5.91 Å². The molecule has 0 saturated carbocycles. The molecule has 2 N–H and O–H groups in total. The molecule has 1 aromatic rings. The molecule has 0 radical (unpaired) electrons. The molecule has 1 saturated heterocycles. The number of methoxy groups -OCH3 is 1. The van der Waals surface area contributed by atoms with E-state index in [1.54, 1.807) is 7.11 Å². The van der Waals surface area contributed by atoms with Crippen molar-refractivity contribution in [3.63, 3.8) is 0 Å². The molecular formula is C18H29N3O2. The average Bonchev–Trinajstić information content (AvgIpc) is 2.59. The van der Waals surface area contributed by atoms with Gasteiger partial charge in [-0.3, -0.25) is 4.79 Å². The highest BCUT2D eigenvalue weighted by molar-refractivity contribution is 5.91. The normalized spacial score (nSPS) is 16.3. The Labute approximate surface area is 139 Å². The van der Waals surface area contributed by atoms with E-state index < -0.39 is 0 Å². The number of carbonyl (C=O) groups is 1. The van der Waals surface area contributed by atoms with E-state index in [1.807, 2.05) is 31.3 Å². The summed E-state index contributed by atoms with van der Waals surface area (Å²) in [6.07, 6.45) is 4.30. The molecule has 0 atom stereocenters. The van der Waals surface area contributed by atoms with Gasteiger partial charge >= 0.3 is 0 Å². The number of likely N-dealkylation sites (tertiary alicyclic amines) is 1. The number of nitrogens with zero attached hydrogens (tertiary/aromatic N) is 1. The van der Waals surface area contributed by atoms with Crippen LogP contribution in [0.25, 0.3) is 0 Å². The van der Waals surface area contributed by atoms with Crippen molar-refractivity contribution in [2.24, 2.45) is 5.92 Å². The van der Waals surface area contributed by atoms with Crippen molar-refractivity contribution in [3.8, 4) is 5.75 Å². The first-order valence-corrected chi connectivity index (χ1v) is 8.52. The summed E-state index contributed by atoms with van der Waals surface area (Å²) in [5.41, 5.74) is 0.792. The lowest BCUT2D eigenvalue weighted by atomic mass is 9.93. The molecule has 0 unspecified atom stereocenters. The summed E-state index contributed by atoms with van der Waals surface area (Å²) >= 11 is 0. The van der Waals surface area contributed by atoms with Gasteiger partial charge < -0.3 is 20.3 Å². The predicted molar refractivity (Wildman–Crippen MR) is 93.9 cm³/mol. The molecule has 1 aliphatic rings. The van der Waals surface area contributed by atoms with E-state index in [4.69, 9.17) is 4.74 Å². The Morgan fingerprint density at radius 3 is 2.83 bits per heavy atom. The van der Waals surface area contributed by atoms with Crippen molar-refractivity contribution >= 4 is 11.6 Å². The number of piperidine rings is 1. The Hall–Kier alpha value is -1.59. The third kappa shape index (κ3) is 6.20. The van der Waals surface area contributed by atoms with Gasteiger partial charge in [0, 0.05) is 24.7 Å². The highest BCUT2D eigenvalue weighted by Gasteiger charge is 2.19. The van der Waals surface area contributed by atoms with Crippen molar-refractivity contribution < 1.29 is 9.53 Å². The van der Waals surface area contributed by atoms with Gasteiger partial charge in [0.05, 0.1) is 7.11 Å². The van der Waals surface area contributed by atoms with Crippen LogP contribution in [0.2, 0.25) is 0 Å². The van der Waals surface area contributed by atoms with Crippen molar-refractivity contribution in [1.29, 1.82) is 0 Å². The summed E-state index contributed by atoms with van der Waals surface area (Å²) in [6, 6.07) is 7.47. The molecule has 128 valence electrons. The van der Waals surface area contributed by atoms with Crippen LogP contribution in [0.4, 0.5) is 5.69 Å². The summed E-state index contributed by atoms with van der Waals surface area (Å²) in [4.78, 5) is 14.5. The molecule has 0 spiro atoms. The number of ether oxygens (including phenoxy) is 1. The zero-order valence-electron chi connectivity index (χ0n) is 14.3. The fourth-order valence-corrected chi connectivity index (χ4v) is 3.03. The Morgan fingerprint density at radius 2 is 2.13 bits per heavy atom. The number of carbonyl (C=O) groups excluding carboxylic acids is 1. The second-order valence-electron chi connectivity index (χ2n) is 6.21. The van der Waals surface area contributed by atoms with Crippen molar-refractivity contribution in [1.82, 2.24) is 10.2 Å². The van der Waals surface area contributed by atoms with Gasteiger partial charge in [0.1, 0.15) is 5.75 Å². The monoisotopic (exact) mass is 319 g/mol. The van der Waals surface area contributed by atoms with Gasteiger partial charge in [0.15, 0.2) is 0 Å². The van der Waals surface area contributed by atoms with Crippen LogP contribution in [0, 0.1) is 5.92 Å². The van der Waals surface area contributed by atoms with Gasteiger partial charge in [-0.15, -0.1) is 0 Å². The maximum Gasteiger partial charge on any atom is 0.225 e. The average molecular weight is 319 g/mol. The first-order chi connectivity index (χ1) is 11.2. The Morgan fingerprint density at radius 1 is 1.35 bits per heavy atom. The molecule has 0 aromatic heterocycles. The molecular weight excluding hydrogens is 290 g/mol. The third-order valence-electron chi connectivity index (χ3n) is 4.52.